The second-order valence-electron chi connectivity index (χ2n) is 6.79. The molecule has 1 heterocycles. The first-order chi connectivity index (χ1) is 12.9. The van der Waals surface area contributed by atoms with E-state index in [1.165, 1.54) is 0 Å². The van der Waals surface area contributed by atoms with Gasteiger partial charge in [-0.3, -0.25) is 0 Å². The van der Waals surface area contributed by atoms with Gasteiger partial charge in [0.2, 0.25) is 6.29 Å². The Morgan fingerprint density at radius 3 is 2.44 bits per heavy atom. The molecule has 0 radical (unpaired) electrons. The normalized spacial score (nSPS) is 29.6. The lowest BCUT2D eigenvalue weighted by atomic mass is 9.93. The first-order valence-corrected chi connectivity index (χ1v) is 9.26. The van der Waals surface area contributed by atoms with Crippen molar-refractivity contribution < 1.29 is 29.9 Å². The van der Waals surface area contributed by atoms with Gasteiger partial charge in [0.05, 0.1) is 6.61 Å². The molecule has 0 aliphatic carbocycles. The molecule has 1 saturated heterocycles. The van der Waals surface area contributed by atoms with Crippen LogP contribution in [0.3, 0.4) is 0 Å². The van der Waals surface area contributed by atoms with Crippen LogP contribution >= 0.6 is 11.6 Å². The summed E-state index contributed by atoms with van der Waals surface area (Å²) in [6.45, 7) is 1.45. The molecule has 8 heteroatoms. The first kappa shape index (κ1) is 20.1. The molecule has 0 aromatic heterocycles. The topological polar surface area (TPSA) is 125 Å². The van der Waals surface area contributed by atoms with Crippen LogP contribution < -0.4 is 10.5 Å². The number of hydrogen-bond donors (Lipinski definition) is 5. The van der Waals surface area contributed by atoms with Crippen LogP contribution in [0.1, 0.15) is 18.4 Å². The lowest BCUT2D eigenvalue weighted by Crippen LogP contribution is -2.60. The van der Waals surface area contributed by atoms with E-state index in [1.54, 1.807) is 6.07 Å². The number of aliphatic hydroxyl groups excluding tert-OH is 4. The molecule has 2 aromatic rings. The highest BCUT2D eigenvalue weighted by molar-refractivity contribution is 6.18. The monoisotopic (exact) mass is 397 g/mol. The number of ether oxygens (including phenoxy) is 2. The van der Waals surface area contributed by atoms with E-state index in [0.29, 0.717) is 17.3 Å². The van der Waals surface area contributed by atoms with Gasteiger partial charge in [-0.1, -0.05) is 31.2 Å². The molecule has 6 N–H and O–H groups in total. The average molecular weight is 398 g/mol. The Morgan fingerprint density at radius 1 is 1.15 bits per heavy atom. The summed E-state index contributed by atoms with van der Waals surface area (Å²) in [6.07, 6.45) is -6.78. The van der Waals surface area contributed by atoms with Crippen LogP contribution in [0, 0.1) is 0 Å². The molecule has 6 unspecified atom stereocenters. The number of rotatable bonds is 5. The number of aliphatic hydroxyl groups is 4. The maximum Gasteiger partial charge on any atom is 0.229 e. The minimum atomic E-state index is -1.51. The minimum absolute atomic E-state index is 0.0258. The summed E-state index contributed by atoms with van der Waals surface area (Å²) in [4.78, 5) is 0. The number of hydrogen-bond acceptors (Lipinski definition) is 7. The van der Waals surface area contributed by atoms with Crippen molar-refractivity contribution in [1.82, 2.24) is 0 Å². The summed E-state index contributed by atoms with van der Waals surface area (Å²) < 4.78 is 11.2. The maximum atomic E-state index is 10.2. The zero-order valence-electron chi connectivity index (χ0n) is 14.8. The van der Waals surface area contributed by atoms with E-state index in [4.69, 9.17) is 26.8 Å². The molecule has 0 amide bonds. The summed E-state index contributed by atoms with van der Waals surface area (Å²) >= 11 is 6.02. The van der Waals surface area contributed by atoms with E-state index >= 15 is 0 Å². The zero-order chi connectivity index (χ0) is 19.7. The Morgan fingerprint density at radius 2 is 1.81 bits per heavy atom. The van der Waals surface area contributed by atoms with Crippen LogP contribution in [0.2, 0.25) is 0 Å². The lowest BCUT2D eigenvalue weighted by molar-refractivity contribution is -0.277. The van der Waals surface area contributed by atoms with E-state index in [9.17, 15) is 20.4 Å². The largest absolute Gasteiger partial charge is 0.461 e. The summed E-state index contributed by atoms with van der Waals surface area (Å²) in [5, 5.41) is 41.0. The van der Waals surface area contributed by atoms with Crippen LogP contribution in [0.4, 0.5) is 5.69 Å². The summed E-state index contributed by atoms with van der Waals surface area (Å²) in [5.74, 6) is 0.789. The molecule has 27 heavy (non-hydrogen) atoms. The van der Waals surface area contributed by atoms with Crippen molar-refractivity contribution in [1.29, 1.82) is 0 Å². The van der Waals surface area contributed by atoms with Gasteiger partial charge in [0.15, 0.2) is 0 Å². The molecule has 0 saturated carbocycles. The van der Waals surface area contributed by atoms with Crippen molar-refractivity contribution in [3.63, 3.8) is 0 Å². The van der Waals surface area contributed by atoms with E-state index in [2.05, 4.69) is 0 Å². The lowest BCUT2D eigenvalue weighted by Gasteiger charge is -2.39. The Bertz CT molecular complexity index is 801. The highest BCUT2D eigenvalue weighted by Gasteiger charge is 2.44. The summed E-state index contributed by atoms with van der Waals surface area (Å²) in [5.41, 5.74) is 7.63. The predicted octanol–water partition coefficient (Wildman–Crippen LogP) is 0.943. The Balaban J connectivity index is 2.00. The smallest absolute Gasteiger partial charge is 0.229 e. The number of alkyl halides is 1. The predicted molar refractivity (Wildman–Crippen MR) is 102 cm³/mol. The highest BCUT2D eigenvalue weighted by atomic mass is 35.5. The standard InChI is InChI=1S/C19H24ClNO6/c1-9(7-20)15-11-5-3-2-4-10(11)13(6-12(15)21)26-19-18(25)17(24)16(23)14(8-22)27-19/h2-6,9,14,16-19,22-25H,7-8,21H2,1H3. The number of nitrogens with two attached hydrogens (primary N) is 1. The summed E-state index contributed by atoms with van der Waals surface area (Å²) in [6, 6.07) is 9.10. The van der Waals surface area contributed by atoms with Gasteiger partial charge >= 0.3 is 0 Å². The molecule has 148 valence electrons. The molecule has 0 bridgehead atoms. The SMILES string of the molecule is CC(CCl)c1c(N)cc(OC2OC(CO)C(O)C(O)C2O)c2ccccc12. The fourth-order valence-corrected chi connectivity index (χ4v) is 3.55. The average Bonchev–Trinajstić information content (AvgIpc) is 2.68. The number of fused-ring (bicyclic) bond motifs is 1. The molecule has 1 fully saturated rings. The molecule has 7 nitrogen and oxygen atoms in total. The number of anilines is 1. The third kappa shape index (κ3) is 3.71. The van der Waals surface area contributed by atoms with Crippen molar-refractivity contribution >= 4 is 28.1 Å². The van der Waals surface area contributed by atoms with E-state index in [1.807, 2.05) is 31.2 Å². The summed E-state index contributed by atoms with van der Waals surface area (Å²) in [7, 11) is 0. The number of benzene rings is 2. The van der Waals surface area contributed by atoms with Crippen molar-refractivity contribution in [3.05, 3.63) is 35.9 Å². The van der Waals surface area contributed by atoms with E-state index in [0.717, 1.165) is 16.3 Å². The number of nitrogen functional groups attached to an aromatic ring is 1. The molecular formula is C19H24ClNO6. The van der Waals surface area contributed by atoms with Gasteiger partial charge in [0.1, 0.15) is 30.2 Å². The van der Waals surface area contributed by atoms with Crippen LogP contribution in [-0.4, -0.2) is 63.6 Å². The van der Waals surface area contributed by atoms with Crippen molar-refractivity contribution in [2.45, 2.75) is 43.5 Å². The van der Waals surface area contributed by atoms with Gasteiger partial charge in [0, 0.05) is 23.0 Å². The van der Waals surface area contributed by atoms with Crippen molar-refractivity contribution in [2.75, 3.05) is 18.2 Å². The maximum absolute atomic E-state index is 10.2. The third-order valence-electron chi connectivity index (χ3n) is 4.90. The highest BCUT2D eigenvalue weighted by Crippen LogP contribution is 2.38. The molecule has 6 atom stereocenters. The van der Waals surface area contributed by atoms with Gasteiger partial charge in [0.25, 0.3) is 0 Å². The Hall–Kier alpha value is -1.61. The van der Waals surface area contributed by atoms with Crippen LogP contribution in [0.15, 0.2) is 30.3 Å². The molecule has 0 spiro atoms. The van der Waals surface area contributed by atoms with Gasteiger partial charge in [-0.25, -0.2) is 0 Å². The van der Waals surface area contributed by atoms with Gasteiger partial charge in [-0.15, -0.1) is 11.6 Å². The first-order valence-electron chi connectivity index (χ1n) is 8.73. The molecule has 3 rings (SSSR count). The zero-order valence-corrected chi connectivity index (χ0v) is 15.6. The molecule has 1 aliphatic rings. The fraction of sp³-hybridized carbons (Fsp3) is 0.474. The second-order valence-corrected chi connectivity index (χ2v) is 7.10. The Labute approximate surface area is 161 Å². The quantitative estimate of drug-likeness (QED) is 0.375. The second kappa shape index (κ2) is 8.18. The van der Waals surface area contributed by atoms with E-state index < -0.39 is 37.3 Å². The van der Waals surface area contributed by atoms with Crippen molar-refractivity contribution in [2.24, 2.45) is 0 Å². The fourth-order valence-electron chi connectivity index (χ4n) is 3.40. The van der Waals surface area contributed by atoms with Crippen LogP contribution in [-0.2, 0) is 4.74 Å². The van der Waals surface area contributed by atoms with E-state index in [-0.39, 0.29) is 5.92 Å². The minimum Gasteiger partial charge on any atom is -0.461 e. The van der Waals surface area contributed by atoms with Crippen LogP contribution in [0.25, 0.3) is 10.8 Å². The van der Waals surface area contributed by atoms with Crippen molar-refractivity contribution in [3.8, 4) is 5.75 Å². The van der Waals surface area contributed by atoms with Crippen LogP contribution in [0.5, 0.6) is 5.75 Å². The van der Waals surface area contributed by atoms with Gasteiger partial charge < -0.3 is 35.6 Å². The molecule has 1 aliphatic heterocycles. The molecule has 2 aromatic carbocycles. The van der Waals surface area contributed by atoms with Gasteiger partial charge in [-0.05, 0) is 16.9 Å². The van der Waals surface area contributed by atoms with Gasteiger partial charge in [-0.2, -0.15) is 0 Å². The third-order valence-corrected chi connectivity index (χ3v) is 5.36. The Kier molecular flexibility index (Phi) is 6.10. The molecular weight excluding hydrogens is 374 g/mol. The number of halogens is 1.